The SMILES string of the molecule is CCOC(=O)c1cnc(SCC(=O)NNC(=O)c2ccc(N(CC)CC)cc2)nc1N. The fourth-order valence-corrected chi connectivity index (χ4v) is 3.21. The van der Waals surface area contributed by atoms with Gasteiger partial charge in [0.1, 0.15) is 11.4 Å². The standard InChI is InChI=1S/C20H26N6O4S/c1-4-26(5-2)14-9-7-13(8-10-14)18(28)25-24-16(27)12-31-20-22-11-15(17(21)23-20)19(29)30-6-3/h7-11H,4-6,12H2,1-3H3,(H,24,27)(H,25,28)(H2,21,22,23). The Labute approximate surface area is 184 Å². The maximum Gasteiger partial charge on any atom is 0.343 e. The molecule has 2 rings (SSSR count). The second-order valence-corrected chi connectivity index (χ2v) is 7.12. The van der Waals surface area contributed by atoms with Crippen molar-refractivity contribution in [3.63, 3.8) is 0 Å². The molecule has 0 radical (unpaired) electrons. The quantitative estimate of drug-likeness (QED) is 0.227. The number of benzene rings is 1. The van der Waals surface area contributed by atoms with Crippen LogP contribution >= 0.6 is 11.8 Å². The van der Waals surface area contributed by atoms with Crippen molar-refractivity contribution in [2.24, 2.45) is 0 Å². The molecule has 0 aliphatic rings. The van der Waals surface area contributed by atoms with Crippen molar-refractivity contribution in [1.29, 1.82) is 0 Å². The van der Waals surface area contributed by atoms with E-state index in [1.54, 1.807) is 19.1 Å². The molecule has 0 aliphatic heterocycles. The summed E-state index contributed by atoms with van der Waals surface area (Å²) in [5.74, 6) is -1.57. The van der Waals surface area contributed by atoms with Gasteiger partial charge in [-0.3, -0.25) is 20.4 Å². The van der Waals surface area contributed by atoms with Gasteiger partial charge in [-0.25, -0.2) is 14.8 Å². The average Bonchev–Trinajstić information content (AvgIpc) is 2.77. The molecular formula is C20H26N6O4S. The summed E-state index contributed by atoms with van der Waals surface area (Å²) in [7, 11) is 0. The first kappa shape index (κ1) is 23.9. The van der Waals surface area contributed by atoms with E-state index >= 15 is 0 Å². The molecule has 0 spiro atoms. The van der Waals surface area contributed by atoms with Crippen molar-refractivity contribution in [1.82, 2.24) is 20.8 Å². The molecule has 0 bridgehead atoms. The van der Waals surface area contributed by atoms with Crippen molar-refractivity contribution in [3.05, 3.63) is 41.6 Å². The van der Waals surface area contributed by atoms with Gasteiger partial charge in [0, 0.05) is 30.5 Å². The van der Waals surface area contributed by atoms with Crippen LogP contribution in [-0.2, 0) is 9.53 Å². The molecule has 0 saturated heterocycles. The number of nitrogen functional groups attached to an aromatic ring is 1. The average molecular weight is 447 g/mol. The van der Waals surface area contributed by atoms with Gasteiger partial charge >= 0.3 is 5.97 Å². The number of nitrogens with one attached hydrogen (secondary N) is 2. The maximum atomic E-state index is 12.2. The first-order valence-corrected chi connectivity index (χ1v) is 10.7. The van der Waals surface area contributed by atoms with Crippen LogP contribution in [-0.4, -0.2) is 53.2 Å². The number of hydrogen-bond acceptors (Lipinski definition) is 9. The lowest BCUT2D eigenvalue weighted by molar-refractivity contribution is -0.119. The van der Waals surface area contributed by atoms with E-state index < -0.39 is 17.8 Å². The number of hydrazine groups is 1. The zero-order valence-electron chi connectivity index (χ0n) is 17.7. The molecule has 0 saturated carbocycles. The number of aromatic nitrogens is 2. The fraction of sp³-hybridized carbons (Fsp3) is 0.350. The Bertz CT molecular complexity index is 918. The lowest BCUT2D eigenvalue weighted by Crippen LogP contribution is -2.42. The van der Waals surface area contributed by atoms with Gasteiger partial charge in [0.15, 0.2) is 5.16 Å². The summed E-state index contributed by atoms with van der Waals surface area (Å²) in [5.41, 5.74) is 12.0. The van der Waals surface area contributed by atoms with Gasteiger partial charge in [0.05, 0.1) is 12.4 Å². The van der Waals surface area contributed by atoms with Crippen LogP contribution in [0, 0.1) is 0 Å². The first-order chi connectivity index (χ1) is 14.9. The predicted octanol–water partition coefficient (Wildman–Crippen LogP) is 1.63. The molecule has 11 heteroatoms. The summed E-state index contributed by atoms with van der Waals surface area (Å²) >= 11 is 1.01. The smallest absolute Gasteiger partial charge is 0.343 e. The highest BCUT2D eigenvalue weighted by molar-refractivity contribution is 7.99. The van der Waals surface area contributed by atoms with Gasteiger partial charge in [0.2, 0.25) is 5.91 Å². The minimum absolute atomic E-state index is 0.0298. The summed E-state index contributed by atoms with van der Waals surface area (Å²) in [4.78, 5) is 46.1. The Morgan fingerprint density at radius 1 is 1.10 bits per heavy atom. The number of rotatable bonds is 9. The Morgan fingerprint density at radius 3 is 2.35 bits per heavy atom. The number of thioether (sulfide) groups is 1. The van der Waals surface area contributed by atoms with E-state index in [9.17, 15) is 14.4 Å². The number of esters is 1. The zero-order chi connectivity index (χ0) is 22.8. The number of nitrogens with zero attached hydrogens (tertiary/aromatic N) is 3. The van der Waals surface area contributed by atoms with Gasteiger partial charge in [-0.1, -0.05) is 11.8 Å². The Morgan fingerprint density at radius 2 is 1.77 bits per heavy atom. The molecule has 1 heterocycles. The van der Waals surface area contributed by atoms with E-state index in [0.717, 1.165) is 30.5 Å². The Kier molecular flexibility index (Phi) is 9.07. The third-order valence-electron chi connectivity index (χ3n) is 4.20. The molecule has 2 amide bonds. The highest BCUT2D eigenvalue weighted by Crippen LogP contribution is 2.17. The van der Waals surface area contributed by atoms with Gasteiger partial charge in [-0.15, -0.1) is 0 Å². The molecule has 1 aromatic heterocycles. The third kappa shape index (κ3) is 6.85. The first-order valence-electron chi connectivity index (χ1n) is 9.76. The van der Waals surface area contributed by atoms with Crippen LogP contribution in [0.3, 0.4) is 0 Å². The number of carbonyl (C=O) groups is 3. The van der Waals surface area contributed by atoms with Crippen molar-refractivity contribution in [2.75, 3.05) is 36.1 Å². The third-order valence-corrected chi connectivity index (χ3v) is 5.06. The van der Waals surface area contributed by atoms with Gasteiger partial charge in [-0.2, -0.15) is 0 Å². The number of ether oxygens (including phenoxy) is 1. The van der Waals surface area contributed by atoms with Gasteiger partial charge in [0.25, 0.3) is 5.91 Å². The molecular weight excluding hydrogens is 420 g/mol. The molecule has 2 aromatic rings. The second-order valence-electron chi connectivity index (χ2n) is 6.18. The largest absolute Gasteiger partial charge is 0.462 e. The van der Waals surface area contributed by atoms with E-state index in [2.05, 4.69) is 39.6 Å². The minimum atomic E-state index is -0.609. The summed E-state index contributed by atoms with van der Waals surface area (Å²) in [6.07, 6.45) is 1.25. The van der Waals surface area contributed by atoms with E-state index in [1.165, 1.54) is 6.20 Å². The molecule has 0 unspecified atom stereocenters. The number of amides is 2. The van der Waals surface area contributed by atoms with E-state index in [4.69, 9.17) is 10.5 Å². The van der Waals surface area contributed by atoms with Crippen LogP contribution in [0.5, 0.6) is 0 Å². The van der Waals surface area contributed by atoms with Crippen molar-refractivity contribution < 1.29 is 19.1 Å². The summed E-state index contributed by atoms with van der Waals surface area (Å²) in [6, 6.07) is 7.12. The molecule has 166 valence electrons. The van der Waals surface area contributed by atoms with Crippen LogP contribution in [0.1, 0.15) is 41.5 Å². The van der Waals surface area contributed by atoms with Crippen LogP contribution in [0.4, 0.5) is 11.5 Å². The molecule has 31 heavy (non-hydrogen) atoms. The summed E-state index contributed by atoms with van der Waals surface area (Å²) in [5, 5.41) is 0.221. The van der Waals surface area contributed by atoms with Crippen LogP contribution in [0.2, 0.25) is 0 Å². The summed E-state index contributed by atoms with van der Waals surface area (Å²) in [6.45, 7) is 7.75. The second kappa shape index (κ2) is 11.7. The number of anilines is 2. The maximum absolute atomic E-state index is 12.2. The van der Waals surface area contributed by atoms with Crippen molar-refractivity contribution in [3.8, 4) is 0 Å². The zero-order valence-corrected chi connectivity index (χ0v) is 18.5. The predicted molar refractivity (Wildman–Crippen MR) is 119 cm³/mol. The Balaban J connectivity index is 1.83. The van der Waals surface area contributed by atoms with E-state index in [0.29, 0.717) is 5.56 Å². The molecule has 0 aliphatic carbocycles. The Hall–Kier alpha value is -3.34. The molecule has 0 atom stereocenters. The highest BCUT2D eigenvalue weighted by Gasteiger charge is 2.15. The number of hydrogen-bond donors (Lipinski definition) is 3. The fourth-order valence-electron chi connectivity index (χ4n) is 2.59. The van der Waals surface area contributed by atoms with Gasteiger partial charge in [-0.05, 0) is 45.0 Å². The van der Waals surface area contributed by atoms with Crippen LogP contribution in [0.25, 0.3) is 0 Å². The molecule has 0 fully saturated rings. The number of carbonyl (C=O) groups excluding carboxylic acids is 3. The monoisotopic (exact) mass is 446 g/mol. The van der Waals surface area contributed by atoms with Crippen LogP contribution < -0.4 is 21.5 Å². The van der Waals surface area contributed by atoms with Crippen LogP contribution in [0.15, 0.2) is 35.6 Å². The normalized spacial score (nSPS) is 10.3. The van der Waals surface area contributed by atoms with Gasteiger partial charge < -0.3 is 15.4 Å². The lowest BCUT2D eigenvalue weighted by Gasteiger charge is -2.21. The lowest BCUT2D eigenvalue weighted by atomic mass is 10.2. The van der Waals surface area contributed by atoms with E-state index in [1.807, 2.05) is 12.1 Å². The highest BCUT2D eigenvalue weighted by atomic mass is 32.2. The van der Waals surface area contributed by atoms with E-state index in [-0.39, 0.29) is 28.9 Å². The minimum Gasteiger partial charge on any atom is -0.462 e. The molecule has 10 nitrogen and oxygen atoms in total. The number of nitrogens with two attached hydrogens (primary N) is 1. The topological polar surface area (TPSA) is 140 Å². The molecule has 4 N–H and O–H groups in total. The molecule has 1 aromatic carbocycles. The van der Waals surface area contributed by atoms with Crippen molar-refractivity contribution in [2.45, 2.75) is 25.9 Å². The van der Waals surface area contributed by atoms with Crippen molar-refractivity contribution >= 4 is 41.1 Å². The summed E-state index contributed by atoms with van der Waals surface area (Å²) < 4.78 is 4.85.